The Hall–Kier alpha value is -2.95. The summed E-state index contributed by atoms with van der Waals surface area (Å²) in [5.74, 6) is 0.0462. The highest BCUT2D eigenvalue weighted by molar-refractivity contribution is 9.10. The third-order valence-electron chi connectivity index (χ3n) is 2.85. The van der Waals surface area contributed by atoms with Crippen LogP contribution in [-0.2, 0) is 4.79 Å². The predicted molar refractivity (Wildman–Crippen MR) is 99.6 cm³/mol. The Morgan fingerprint density at radius 3 is 2.85 bits per heavy atom. The molecule has 0 radical (unpaired) electrons. The van der Waals surface area contributed by atoms with Crippen LogP contribution in [0.15, 0.2) is 37.4 Å². The number of nitrogens with one attached hydrogen (secondary N) is 4. The van der Waals surface area contributed by atoms with Crippen LogP contribution in [0, 0.1) is 0 Å². The van der Waals surface area contributed by atoms with Crippen LogP contribution in [0.2, 0.25) is 0 Å². The molecule has 1 aromatic heterocycles. The molecule has 0 aliphatic heterocycles. The first kappa shape index (κ1) is 19.4. The zero-order chi connectivity index (χ0) is 19.1. The largest absolute Gasteiger partial charge is 0.490 e. The van der Waals surface area contributed by atoms with Gasteiger partial charge in [-0.25, -0.2) is 15.3 Å². The molecule has 0 aliphatic rings. The van der Waals surface area contributed by atoms with Gasteiger partial charge in [-0.05, 0) is 53.5 Å². The standard InChI is InChI=1S/C15H17BrN6O4/c1-8(2)26-11-4-3-9(5-10(11)16)6-18-20-12(23)7-17-13-14(24)19-15(25)22-21-13/h3-6,8H,7H2,1-2H3,(H,17,21)(H,20,23)(H2,19,22,24,25)/b18-6+. The number of anilines is 1. The number of aromatic amines is 2. The molecule has 0 bridgehead atoms. The van der Waals surface area contributed by atoms with Gasteiger partial charge in [-0.1, -0.05) is 0 Å². The minimum Gasteiger partial charge on any atom is -0.490 e. The molecule has 1 amide bonds. The van der Waals surface area contributed by atoms with Gasteiger partial charge in [-0.3, -0.25) is 14.6 Å². The number of benzene rings is 1. The number of carbonyl (C=O) groups excluding carboxylic acids is 1. The van der Waals surface area contributed by atoms with Gasteiger partial charge in [-0.15, -0.1) is 5.10 Å². The number of hydrazone groups is 1. The number of nitrogens with zero attached hydrogens (tertiary/aromatic N) is 2. The van der Waals surface area contributed by atoms with E-state index in [4.69, 9.17) is 4.74 Å². The van der Waals surface area contributed by atoms with E-state index in [1.54, 1.807) is 18.2 Å². The van der Waals surface area contributed by atoms with E-state index in [0.717, 1.165) is 10.0 Å². The van der Waals surface area contributed by atoms with Crippen molar-refractivity contribution in [2.24, 2.45) is 5.10 Å². The van der Waals surface area contributed by atoms with Crippen LogP contribution in [0.5, 0.6) is 5.75 Å². The third-order valence-corrected chi connectivity index (χ3v) is 3.47. The quantitative estimate of drug-likeness (QED) is 0.378. The van der Waals surface area contributed by atoms with Gasteiger partial charge in [0.15, 0.2) is 0 Å². The van der Waals surface area contributed by atoms with Crippen molar-refractivity contribution in [1.82, 2.24) is 20.6 Å². The fraction of sp³-hybridized carbons (Fsp3) is 0.267. The lowest BCUT2D eigenvalue weighted by Crippen LogP contribution is -2.31. The van der Waals surface area contributed by atoms with Gasteiger partial charge in [-0.2, -0.15) is 5.10 Å². The summed E-state index contributed by atoms with van der Waals surface area (Å²) in [6.45, 7) is 3.62. The lowest BCUT2D eigenvalue weighted by Gasteiger charge is -2.11. The lowest BCUT2D eigenvalue weighted by molar-refractivity contribution is -0.119. The van der Waals surface area contributed by atoms with Crippen molar-refractivity contribution >= 4 is 33.9 Å². The Morgan fingerprint density at radius 1 is 1.42 bits per heavy atom. The van der Waals surface area contributed by atoms with Gasteiger partial charge in [0.25, 0.3) is 11.5 Å². The Kier molecular flexibility index (Phi) is 6.67. The number of hydrogen-bond acceptors (Lipinski definition) is 7. The van der Waals surface area contributed by atoms with E-state index in [2.05, 4.69) is 42.0 Å². The van der Waals surface area contributed by atoms with Crippen molar-refractivity contribution in [2.45, 2.75) is 20.0 Å². The minimum absolute atomic E-state index is 0.0572. The fourth-order valence-corrected chi connectivity index (χ4v) is 2.29. The molecule has 2 rings (SSSR count). The molecule has 0 spiro atoms. The van der Waals surface area contributed by atoms with E-state index in [1.807, 2.05) is 18.8 Å². The van der Waals surface area contributed by atoms with E-state index in [1.165, 1.54) is 6.21 Å². The molecule has 0 aliphatic carbocycles. The number of amides is 1. The molecular weight excluding hydrogens is 408 g/mol. The van der Waals surface area contributed by atoms with Crippen LogP contribution in [0.1, 0.15) is 19.4 Å². The van der Waals surface area contributed by atoms with E-state index in [0.29, 0.717) is 5.75 Å². The molecule has 0 atom stereocenters. The highest BCUT2D eigenvalue weighted by atomic mass is 79.9. The van der Waals surface area contributed by atoms with Crippen LogP contribution in [-0.4, -0.2) is 40.0 Å². The molecule has 2 aromatic rings. The number of rotatable bonds is 7. The van der Waals surface area contributed by atoms with Gasteiger partial charge < -0.3 is 10.1 Å². The molecule has 10 nitrogen and oxygen atoms in total. The molecule has 1 heterocycles. The zero-order valence-electron chi connectivity index (χ0n) is 14.0. The highest BCUT2D eigenvalue weighted by Crippen LogP contribution is 2.26. The average Bonchev–Trinajstić information content (AvgIpc) is 2.56. The van der Waals surface area contributed by atoms with Crippen LogP contribution < -0.4 is 26.7 Å². The van der Waals surface area contributed by atoms with Gasteiger partial charge in [0.1, 0.15) is 5.75 Å². The van der Waals surface area contributed by atoms with Gasteiger partial charge in [0.05, 0.1) is 23.3 Å². The van der Waals surface area contributed by atoms with Crippen LogP contribution >= 0.6 is 15.9 Å². The Morgan fingerprint density at radius 2 is 2.19 bits per heavy atom. The first-order chi connectivity index (χ1) is 12.3. The molecule has 138 valence electrons. The van der Waals surface area contributed by atoms with Crippen LogP contribution in [0.25, 0.3) is 0 Å². The van der Waals surface area contributed by atoms with Crippen molar-refractivity contribution in [2.75, 3.05) is 11.9 Å². The summed E-state index contributed by atoms with van der Waals surface area (Å²) >= 11 is 3.41. The number of hydrogen-bond donors (Lipinski definition) is 4. The van der Waals surface area contributed by atoms with Crippen molar-refractivity contribution in [3.8, 4) is 5.75 Å². The number of aromatic nitrogens is 3. The highest BCUT2D eigenvalue weighted by Gasteiger charge is 2.06. The lowest BCUT2D eigenvalue weighted by atomic mass is 10.2. The molecule has 11 heteroatoms. The summed E-state index contributed by atoms with van der Waals surface area (Å²) in [5, 5.41) is 11.9. The molecule has 0 saturated carbocycles. The second kappa shape index (κ2) is 8.94. The fourth-order valence-electron chi connectivity index (χ4n) is 1.80. The second-order valence-electron chi connectivity index (χ2n) is 5.36. The first-order valence-electron chi connectivity index (χ1n) is 7.56. The molecule has 26 heavy (non-hydrogen) atoms. The molecular formula is C15H17BrN6O4. The number of halogens is 1. The first-order valence-corrected chi connectivity index (χ1v) is 8.35. The molecule has 1 aromatic carbocycles. The Balaban J connectivity index is 1.87. The maximum atomic E-state index is 11.7. The topological polar surface area (TPSA) is 141 Å². The summed E-state index contributed by atoms with van der Waals surface area (Å²) in [7, 11) is 0. The van der Waals surface area contributed by atoms with E-state index < -0.39 is 17.2 Å². The number of ether oxygens (including phenoxy) is 1. The van der Waals surface area contributed by atoms with Crippen LogP contribution in [0.4, 0.5) is 5.82 Å². The van der Waals surface area contributed by atoms with Gasteiger partial charge in [0.2, 0.25) is 5.82 Å². The van der Waals surface area contributed by atoms with Crippen molar-refractivity contribution in [3.63, 3.8) is 0 Å². The molecule has 0 saturated heterocycles. The summed E-state index contributed by atoms with van der Waals surface area (Å²) in [6, 6.07) is 5.39. The smallest absolute Gasteiger partial charge is 0.342 e. The third kappa shape index (κ3) is 5.84. The van der Waals surface area contributed by atoms with Crippen molar-refractivity contribution < 1.29 is 9.53 Å². The predicted octanol–water partition coefficient (Wildman–Crippen LogP) is 0.570. The minimum atomic E-state index is -0.731. The average molecular weight is 425 g/mol. The van der Waals surface area contributed by atoms with Gasteiger partial charge >= 0.3 is 5.69 Å². The second-order valence-corrected chi connectivity index (χ2v) is 6.21. The number of carbonyl (C=O) groups is 1. The molecule has 0 fully saturated rings. The summed E-state index contributed by atoms with van der Waals surface area (Å²) in [5.41, 5.74) is 1.60. The molecule has 0 unspecified atom stereocenters. The van der Waals surface area contributed by atoms with E-state index in [-0.39, 0.29) is 18.5 Å². The van der Waals surface area contributed by atoms with E-state index in [9.17, 15) is 14.4 Å². The zero-order valence-corrected chi connectivity index (χ0v) is 15.6. The number of H-pyrrole nitrogens is 2. The van der Waals surface area contributed by atoms with Gasteiger partial charge in [0, 0.05) is 0 Å². The monoisotopic (exact) mass is 424 g/mol. The SMILES string of the molecule is CC(C)Oc1ccc(/C=N/NC(=O)CNc2n[nH]c(=O)[nH]c2=O)cc1Br. The maximum Gasteiger partial charge on any atom is 0.342 e. The van der Waals surface area contributed by atoms with Crippen LogP contribution in [0.3, 0.4) is 0 Å². The Labute approximate surface area is 156 Å². The summed E-state index contributed by atoms with van der Waals surface area (Å²) in [6.07, 6.45) is 1.52. The van der Waals surface area contributed by atoms with Crippen molar-refractivity contribution in [3.05, 3.63) is 49.1 Å². The van der Waals surface area contributed by atoms with E-state index >= 15 is 0 Å². The summed E-state index contributed by atoms with van der Waals surface area (Å²) in [4.78, 5) is 35.9. The molecule has 4 N–H and O–H groups in total. The summed E-state index contributed by atoms with van der Waals surface area (Å²) < 4.78 is 6.38. The Bertz CT molecular complexity index is 921. The van der Waals surface area contributed by atoms with Crippen molar-refractivity contribution in [1.29, 1.82) is 0 Å². The maximum absolute atomic E-state index is 11.7. The normalized spacial score (nSPS) is 10.9.